The van der Waals surface area contributed by atoms with Crippen LogP contribution in [0.1, 0.15) is 112 Å². The Morgan fingerprint density at radius 3 is 2.26 bits per heavy atom. The van der Waals surface area contributed by atoms with Gasteiger partial charge in [0.05, 0.1) is 28.5 Å². The number of rotatable bonds is 11. The molecule has 5 aliphatic rings. The van der Waals surface area contributed by atoms with E-state index in [1.165, 1.54) is 0 Å². The molecule has 4 bridgehead atoms. The van der Waals surface area contributed by atoms with E-state index >= 15 is 0 Å². The quantitative estimate of drug-likeness (QED) is 0.338. The number of hydrogen-bond donors (Lipinski definition) is 1. The number of carbonyl (C=O) groups excluding carboxylic acids is 2. The molecule has 5 rings (SSSR count). The molecule has 5 atom stereocenters. The molecule has 4 aliphatic carbocycles. The molecule has 1 N–H and O–H groups in total. The molecule has 0 aromatic carbocycles. The van der Waals surface area contributed by atoms with E-state index in [-0.39, 0.29) is 43.5 Å². The Balaban J connectivity index is 1.36. The molecule has 0 amide bonds. The highest BCUT2D eigenvalue weighted by molar-refractivity contribution is 5.81. The van der Waals surface area contributed by atoms with E-state index in [1.807, 2.05) is 41.5 Å². The molecule has 0 spiro atoms. The van der Waals surface area contributed by atoms with Gasteiger partial charge >= 0.3 is 17.9 Å². The largest absolute Gasteiger partial charge is 0.481 e. The molecule has 1 aliphatic heterocycles. The lowest BCUT2D eigenvalue weighted by atomic mass is 9.48. The first-order valence-electron chi connectivity index (χ1n) is 14.6. The number of carbonyl (C=O) groups is 3. The third kappa shape index (κ3) is 6.06. The van der Waals surface area contributed by atoms with Crippen molar-refractivity contribution in [1.82, 2.24) is 0 Å². The predicted octanol–water partition coefficient (Wildman–Crippen LogP) is 5.65. The van der Waals surface area contributed by atoms with Crippen molar-refractivity contribution in [1.29, 1.82) is 0 Å². The van der Waals surface area contributed by atoms with E-state index in [9.17, 15) is 19.5 Å². The predicted molar refractivity (Wildman–Crippen MR) is 140 cm³/mol. The van der Waals surface area contributed by atoms with E-state index < -0.39 is 27.8 Å². The summed E-state index contributed by atoms with van der Waals surface area (Å²) >= 11 is 0. The Kier molecular flexibility index (Phi) is 8.27. The molecule has 0 aromatic rings. The first-order chi connectivity index (χ1) is 17.7. The molecule has 1 heterocycles. The average Bonchev–Trinajstić information content (AvgIpc) is 2.80. The molecule has 4 saturated carbocycles. The van der Waals surface area contributed by atoms with Crippen LogP contribution in [0.3, 0.4) is 0 Å². The summed E-state index contributed by atoms with van der Waals surface area (Å²) in [5, 5.41) is 10.0. The van der Waals surface area contributed by atoms with Crippen LogP contribution in [0.25, 0.3) is 0 Å². The third-order valence-corrected chi connectivity index (χ3v) is 9.56. The van der Waals surface area contributed by atoms with Gasteiger partial charge in [-0.1, -0.05) is 6.92 Å². The molecule has 38 heavy (non-hydrogen) atoms. The normalized spacial score (nSPS) is 36.1. The molecule has 8 nitrogen and oxygen atoms in total. The summed E-state index contributed by atoms with van der Waals surface area (Å²) in [6.07, 6.45) is 7.31. The fourth-order valence-electron chi connectivity index (χ4n) is 8.00. The summed E-state index contributed by atoms with van der Waals surface area (Å²) in [6, 6.07) is 0. The van der Waals surface area contributed by atoms with E-state index in [1.54, 1.807) is 0 Å². The molecule has 8 heteroatoms. The number of hydrogen-bond acceptors (Lipinski definition) is 7. The van der Waals surface area contributed by atoms with Crippen LogP contribution in [-0.4, -0.2) is 53.7 Å². The van der Waals surface area contributed by atoms with Crippen molar-refractivity contribution < 1.29 is 38.4 Å². The lowest BCUT2D eigenvalue weighted by molar-refractivity contribution is -0.221. The summed E-state index contributed by atoms with van der Waals surface area (Å²) in [7, 11) is 0. The van der Waals surface area contributed by atoms with Gasteiger partial charge in [0, 0.05) is 6.42 Å². The monoisotopic (exact) mass is 536 g/mol. The summed E-state index contributed by atoms with van der Waals surface area (Å²) < 4.78 is 23.8. The number of aliphatic carboxylic acids is 1. The van der Waals surface area contributed by atoms with Gasteiger partial charge in [0.2, 0.25) is 0 Å². The lowest BCUT2D eigenvalue weighted by Gasteiger charge is -2.59. The summed E-state index contributed by atoms with van der Waals surface area (Å²) in [4.78, 5) is 39.1. The van der Waals surface area contributed by atoms with Crippen molar-refractivity contribution in [2.24, 2.45) is 28.1 Å². The zero-order valence-corrected chi connectivity index (χ0v) is 24.2. The molecule has 216 valence electrons. The Bertz CT molecular complexity index is 896. The van der Waals surface area contributed by atoms with Gasteiger partial charge in [-0.3, -0.25) is 14.4 Å². The second kappa shape index (κ2) is 10.7. The van der Waals surface area contributed by atoms with Crippen LogP contribution in [0.15, 0.2) is 0 Å². The second-order valence-electron chi connectivity index (χ2n) is 14.0. The molecular formula is C30H48O8. The number of ether oxygens (including phenoxy) is 4. The zero-order valence-electron chi connectivity index (χ0n) is 24.2. The smallest absolute Gasteiger partial charge is 0.312 e. The second-order valence-corrected chi connectivity index (χ2v) is 14.0. The Morgan fingerprint density at radius 2 is 1.68 bits per heavy atom. The van der Waals surface area contributed by atoms with Gasteiger partial charge in [0.15, 0.2) is 6.29 Å². The van der Waals surface area contributed by atoms with Gasteiger partial charge in [-0.15, -0.1) is 0 Å². The first kappa shape index (κ1) is 29.3. The Morgan fingerprint density at radius 1 is 1.03 bits per heavy atom. The Hall–Kier alpha value is -1.67. The summed E-state index contributed by atoms with van der Waals surface area (Å²) in [5.74, 6) is -0.845. The molecule has 0 radical (unpaired) electrons. The standard InChI is InChI=1S/C30H48O8/c1-7-28(6,26(34)35-16-22-9-8-10-23(37-22)36-19(2)3)17-27(4,5)25(33)38-30-14-20-11-21(15-30)13-29(12-20,18-30)24(31)32/h19-23H,7-18H2,1-6H3,(H,31,32). The van der Waals surface area contributed by atoms with Gasteiger partial charge < -0.3 is 24.1 Å². The highest BCUT2D eigenvalue weighted by Gasteiger charge is 2.63. The Labute approximate surface area is 227 Å². The maximum Gasteiger partial charge on any atom is 0.312 e. The van der Waals surface area contributed by atoms with E-state index in [4.69, 9.17) is 18.9 Å². The van der Waals surface area contributed by atoms with E-state index in [2.05, 4.69) is 0 Å². The number of carboxylic acids is 1. The van der Waals surface area contributed by atoms with Crippen molar-refractivity contribution >= 4 is 17.9 Å². The van der Waals surface area contributed by atoms with Crippen molar-refractivity contribution in [2.45, 2.75) is 136 Å². The van der Waals surface area contributed by atoms with E-state index in [0.29, 0.717) is 37.5 Å². The average molecular weight is 537 g/mol. The van der Waals surface area contributed by atoms with Crippen LogP contribution in [0.4, 0.5) is 0 Å². The maximum absolute atomic E-state index is 13.6. The minimum absolute atomic E-state index is 0.0692. The molecular weight excluding hydrogens is 488 g/mol. The highest BCUT2D eigenvalue weighted by atomic mass is 16.7. The third-order valence-electron chi connectivity index (χ3n) is 9.56. The van der Waals surface area contributed by atoms with Gasteiger partial charge in [-0.2, -0.15) is 0 Å². The lowest BCUT2D eigenvalue weighted by Crippen LogP contribution is -2.60. The first-order valence-corrected chi connectivity index (χ1v) is 14.6. The maximum atomic E-state index is 13.6. The van der Waals surface area contributed by atoms with Crippen LogP contribution in [0, 0.1) is 28.1 Å². The van der Waals surface area contributed by atoms with Crippen molar-refractivity contribution in [2.75, 3.05) is 6.61 Å². The number of carboxylic acid groups (broad SMARTS) is 1. The van der Waals surface area contributed by atoms with Crippen LogP contribution in [0.5, 0.6) is 0 Å². The van der Waals surface area contributed by atoms with Crippen molar-refractivity contribution in [3.63, 3.8) is 0 Å². The van der Waals surface area contributed by atoms with Crippen LogP contribution in [0.2, 0.25) is 0 Å². The minimum atomic E-state index is -0.930. The molecule has 1 saturated heterocycles. The van der Waals surface area contributed by atoms with Crippen LogP contribution >= 0.6 is 0 Å². The molecule has 5 fully saturated rings. The highest BCUT2D eigenvalue weighted by Crippen LogP contribution is 2.63. The number of esters is 2. The summed E-state index contributed by atoms with van der Waals surface area (Å²) in [6.45, 7) is 11.5. The molecule has 5 unspecified atom stereocenters. The topological polar surface area (TPSA) is 108 Å². The van der Waals surface area contributed by atoms with E-state index in [0.717, 1.165) is 38.5 Å². The van der Waals surface area contributed by atoms with Crippen LogP contribution in [-0.2, 0) is 33.3 Å². The zero-order chi connectivity index (χ0) is 27.9. The SMILES string of the molecule is CCC(C)(CC(C)(C)C(=O)OC12CC3CC(C1)CC(C(=O)O)(C3)C2)C(=O)OCC1CCCC(OC(C)C)O1. The molecule has 0 aromatic heterocycles. The van der Waals surface area contributed by atoms with Gasteiger partial charge in [-0.05, 0) is 111 Å². The minimum Gasteiger partial charge on any atom is -0.481 e. The summed E-state index contributed by atoms with van der Waals surface area (Å²) in [5.41, 5.74) is -3.26. The fraction of sp³-hybridized carbons (Fsp3) is 0.900. The van der Waals surface area contributed by atoms with Crippen molar-refractivity contribution in [3.05, 3.63) is 0 Å². The van der Waals surface area contributed by atoms with Crippen molar-refractivity contribution in [3.8, 4) is 0 Å². The van der Waals surface area contributed by atoms with Gasteiger partial charge in [-0.25, -0.2) is 0 Å². The van der Waals surface area contributed by atoms with Crippen LogP contribution < -0.4 is 0 Å². The van der Waals surface area contributed by atoms with Gasteiger partial charge in [0.1, 0.15) is 12.2 Å². The van der Waals surface area contributed by atoms with Gasteiger partial charge in [0.25, 0.3) is 0 Å². The fourth-order valence-corrected chi connectivity index (χ4v) is 8.00.